The van der Waals surface area contributed by atoms with Gasteiger partial charge in [0.15, 0.2) is 0 Å². The van der Waals surface area contributed by atoms with Gasteiger partial charge in [0.2, 0.25) is 0 Å². The second-order valence-electron chi connectivity index (χ2n) is 12.8. The van der Waals surface area contributed by atoms with Gasteiger partial charge in [0.25, 0.3) is 0 Å². The highest BCUT2D eigenvalue weighted by atomic mass is 31.2. The van der Waals surface area contributed by atoms with Crippen LogP contribution in [0.5, 0.6) is 0 Å². The quantitative estimate of drug-likeness (QED) is 0.0910. The van der Waals surface area contributed by atoms with Gasteiger partial charge in [-0.1, -0.05) is 52.0 Å². The van der Waals surface area contributed by atoms with Crippen molar-refractivity contribution < 1.29 is 19.1 Å². The summed E-state index contributed by atoms with van der Waals surface area (Å²) >= 11 is 0. The number of aliphatic hydroxyl groups excluding tert-OH is 1. The summed E-state index contributed by atoms with van der Waals surface area (Å²) in [6, 6.07) is 6.48. The molecule has 0 amide bonds. The maximum Gasteiger partial charge on any atom is 0.129 e. The third kappa shape index (κ3) is 12.7. The number of hydrogen-bond acceptors (Lipinski definition) is 7. The summed E-state index contributed by atoms with van der Waals surface area (Å²) in [7, 11) is -0.341. The van der Waals surface area contributed by atoms with Gasteiger partial charge in [-0.2, -0.15) is 0 Å². The van der Waals surface area contributed by atoms with Crippen LogP contribution in [0.15, 0.2) is 53.8 Å². The normalized spacial score (nSPS) is 17.8. The van der Waals surface area contributed by atoms with E-state index < -0.39 is 7.14 Å². The van der Waals surface area contributed by atoms with Gasteiger partial charge in [0, 0.05) is 57.8 Å². The number of hydrogen-bond donors (Lipinski definition) is 1. The molecule has 3 rings (SSSR count). The number of nitrogens with zero attached hydrogens (tertiary/aromatic N) is 3. The molecule has 1 atom stereocenters. The Bertz CT molecular complexity index is 1160. The number of allylic oxidation sites excluding steroid dienone is 3. The molecule has 1 aromatic carbocycles. The fourth-order valence-corrected chi connectivity index (χ4v) is 6.33. The first-order chi connectivity index (χ1) is 20.9. The summed E-state index contributed by atoms with van der Waals surface area (Å²) in [5.41, 5.74) is 5.87. The maximum atomic E-state index is 13.0. The van der Waals surface area contributed by atoms with Crippen LogP contribution in [-0.4, -0.2) is 81.6 Å². The number of aliphatic hydroxyl groups is 1. The highest BCUT2D eigenvalue weighted by molar-refractivity contribution is 7.79. The average molecular weight is 630 g/mol. The van der Waals surface area contributed by atoms with Crippen LogP contribution in [0.3, 0.4) is 0 Å². The molecule has 0 aliphatic carbocycles. The number of benzene rings is 1. The highest BCUT2D eigenvalue weighted by Crippen LogP contribution is 2.41. The number of likely N-dealkylation sites (tertiary alicyclic amines) is 1. The smallest absolute Gasteiger partial charge is 0.129 e. The zero-order valence-corrected chi connectivity index (χ0v) is 29.6. The second kappa shape index (κ2) is 19.4. The van der Waals surface area contributed by atoms with Gasteiger partial charge in [-0.05, 0) is 100 Å². The molecule has 0 saturated carbocycles. The third-order valence-corrected chi connectivity index (χ3v) is 9.37. The van der Waals surface area contributed by atoms with Crippen LogP contribution in [-0.2, 0) is 14.0 Å². The molecule has 0 aromatic heterocycles. The second-order valence-corrected chi connectivity index (χ2v) is 16.0. The van der Waals surface area contributed by atoms with Crippen molar-refractivity contribution in [1.29, 1.82) is 0 Å². The molecule has 0 bridgehead atoms. The van der Waals surface area contributed by atoms with Crippen molar-refractivity contribution in [2.75, 3.05) is 64.8 Å². The molecule has 2 aliphatic rings. The van der Waals surface area contributed by atoms with E-state index in [0.29, 0.717) is 12.5 Å². The fraction of sp³-hybridized carbons (Fsp3) is 0.639. The molecule has 1 aromatic rings. The zero-order valence-electron chi connectivity index (χ0n) is 28.7. The van der Waals surface area contributed by atoms with Gasteiger partial charge in [-0.15, -0.1) is 0 Å². The lowest BCUT2D eigenvalue weighted by Gasteiger charge is -2.34. The molecule has 7 nitrogen and oxygen atoms in total. The summed E-state index contributed by atoms with van der Waals surface area (Å²) in [6.45, 7) is 25.4. The molecule has 1 N–H and O–H groups in total. The predicted octanol–water partition coefficient (Wildman–Crippen LogP) is 8.33. The van der Waals surface area contributed by atoms with Crippen molar-refractivity contribution in [3.8, 4) is 0 Å². The van der Waals surface area contributed by atoms with Crippen LogP contribution in [0.4, 0.5) is 5.69 Å². The summed E-state index contributed by atoms with van der Waals surface area (Å²) in [5.74, 6) is 1.46. The minimum absolute atomic E-state index is 0.0754. The van der Waals surface area contributed by atoms with E-state index in [9.17, 15) is 4.57 Å². The molecule has 248 valence electrons. The fourth-order valence-electron chi connectivity index (χ4n) is 5.23. The van der Waals surface area contributed by atoms with Gasteiger partial charge in [0.05, 0.1) is 5.45 Å². The van der Waals surface area contributed by atoms with Crippen LogP contribution >= 0.6 is 7.14 Å². The predicted molar refractivity (Wildman–Crippen MR) is 189 cm³/mol. The number of aliphatic imine (C=N–C) groups is 1. The number of rotatable bonds is 15. The van der Waals surface area contributed by atoms with Crippen LogP contribution in [0, 0.1) is 12.8 Å². The van der Waals surface area contributed by atoms with Gasteiger partial charge < -0.3 is 28.9 Å². The van der Waals surface area contributed by atoms with Gasteiger partial charge in [-0.25, -0.2) is 4.99 Å². The lowest BCUT2D eigenvalue weighted by atomic mass is 9.96. The minimum atomic E-state index is -2.45. The SMILES string of the molecule is C=C(/C=C(\N=C(/CCC)P(C)(C)=O)N1CCCC1)C(=C)c1cc(C)ccc1N(C)C1CCCCO1.CC(C)COCCCO. The molecule has 0 radical (unpaired) electrons. The van der Waals surface area contributed by atoms with Crippen molar-refractivity contribution in [3.05, 3.63) is 60.0 Å². The number of aryl methyl sites for hydroxylation is 1. The van der Waals surface area contributed by atoms with Crippen molar-refractivity contribution in [2.45, 2.75) is 85.3 Å². The van der Waals surface area contributed by atoms with E-state index in [4.69, 9.17) is 19.6 Å². The molecule has 2 heterocycles. The first-order valence-electron chi connectivity index (χ1n) is 16.5. The van der Waals surface area contributed by atoms with Gasteiger partial charge >= 0.3 is 0 Å². The van der Waals surface area contributed by atoms with E-state index in [-0.39, 0.29) is 12.8 Å². The molecular weight excluding hydrogens is 569 g/mol. The Kier molecular flexibility index (Phi) is 16.7. The summed E-state index contributed by atoms with van der Waals surface area (Å²) < 4.78 is 24.2. The minimum Gasteiger partial charge on any atom is -0.396 e. The first-order valence-corrected chi connectivity index (χ1v) is 19.1. The largest absolute Gasteiger partial charge is 0.396 e. The van der Waals surface area contributed by atoms with Crippen LogP contribution in [0.2, 0.25) is 0 Å². The Morgan fingerprint density at radius 3 is 2.50 bits per heavy atom. The van der Waals surface area contributed by atoms with E-state index in [1.54, 1.807) is 0 Å². The highest BCUT2D eigenvalue weighted by Gasteiger charge is 2.24. The summed E-state index contributed by atoms with van der Waals surface area (Å²) in [6.07, 6.45) is 10.2. The standard InChI is InChI=1S/C29H44N3O2P.C7H16O2/c1-8-13-28(35(6,7)33)30-27(32-17-10-11-18-32)21-23(3)24(4)25-20-22(2)15-16-26(25)31(5)29-14-9-12-19-34-29;1-7(2)6-9-5-3-4-8/h15-16,20-21,29H,3-4,8-14,17-19H2,1-2,5-7H3;7-8H,3-6H2,1-2H3/b27-21+,30-28+;. The van der Waals surface area contributed by atoms with E-state index in [1.165, 1.54) is 12.0 Å². The third-order valence-electron chi connectivity index (χ3n) is 7.80. The topological polar surface area (TPSA) is 74.6 Å². The Morgan fingerprint density at radius 2 is 1.93 bits per heavy atom. The van der Waals surface area contributed by atoms with E-state index in [0.717, 1.165) is 105 Å². The Morgan fingerprint density at radius 1 is 1.23 bits per heavy atom. The molecule has 44 heavy (non-hydrogen) atoms. The lowest BCUT2D eigenvalue weighted by Crippen LogP contribution is -2.37. The molecule has 1 unspecified atom stereocenters. The van der Waals surface area contributed by atoms with Crippen LogP contribution in [0.25, 0.3) is 5.57 Å². The Hall–Kier alpha value is -2.18. The Labute approximate surface area is 268 Å². The number of anilines is 1. The van der Waals surface area contributed by atoms with Crippen molar-refractivity contribution in [1.82, 2.24) is 4.90 Å². The molecule has 2 fully saturated rings. The summed E-state index contributed by atoms with van der Waals surface area (Å²) in [5, 5.41) is 8.35. The van der Waals surface area contributed by atoms with Gasteiger partial charge in [0.1, 0.15) is 19.2 Å². The van der Waals surface area contributed by atoms with Crippen molar-refractivity contribution >= 4 is 23.9 Å². The maximum absolute atomic E-state index is 13.0. The molecule has 0 spiro atoms. The summed E-state index contributed by atoms with van der Waals surface area (Å²) in [4.78, 5) is 9.52. The monoisotopic (exact) mass is 629 g/mol. The van der Waals surface area contributed by atoms with E-state index in [2.05, 4.69) is 75.9 Å². The molecule has 8 heteroatoms. The molecule has 2 aliphatic heterocycles. The van der Waals surface area contributed by atoms with Crippen molar-refractivity contribution in [3.63, 3.8) is 0 Å². The number of ether oxygens (including phenoxy) is 2. The van der Waals surface area contributed by atoms with E-state index in [1.807, 2.05) is 19.4 Å². The Balaban J connectivity index is 0.000000651. The van der Waals surface area contributed by atoms with Crippen LogP contribution < -0.4 is 4.90 Å². The first kappa shape index (κ1) is 38.0. The van der Waals surface area contributed by atoms with Crippen molar-refractivity contribution in [2.24, 2.45) is 10.9 Å². The average Bonchev–Trinajstić information content (AvgIpc) is 3.53. The van der Waals surface area contributed by atoms with Gasteiger partial charge in [-0.3, -0.25) is 0 Å². The van der Waals surface area contributed by atoms with E-state index >= 15 is 0 Å². The van der Waals surface area contributed by atoms with Crippen LogP contribution in [0.1, 0.15) is 83.3 Å². The molecular formula is C36H60N3O4P. The zero-order chi connectivity index (χ0) is 32.7. The molecule has 2 saturated heterocycles. The lowest BCUT2D eigenvalue weighted by molar-refractivity contribution is 0.0174.